The Morgan fingerprint density at radius 1 is 1.32 bits per heavy atom. The number of benzene rings is 1. The van der Waals surface area contributed by atoms with Gasteiger partial charge in [-0.1, -0.05) is 12.1 Å². The SMILES string of the molecule is CC1CN(Cc2ccc(S(C)(=O)=O)cc2)CCN1.Cl. The smallest absolute Gasteiger partial charge is 0.175 e. The highest BCUT2D eigenvalue weighted by atomic mass is 35.5. The minimum atomic E-state index is -3.09. The molecule has 0 radical (unpaired) electrons. The highest BCUT2D eigenvalue weighted by molar-refractivity contribution is 7.90. The lowest BCUT2D eigenvalue weighted by atomic mass is 10.1. The fraction of sp³-hybridized carbons (Fsp3) is 0.538. The predicted molar refractivity (Wildman–Crippen MR) is 79.5 cm³/mol. The van der Waals surface area contributed by atoms with E-state index in [0.29, 0.717) is 10.9 Å². The van der Waals surface area contributed by atoms with Gasteiger partial charge in [0.25, 0.3) is 0 Å². The largest absolute Gasteiger partial charge is 0.312 e. The molecule has 6 heteroatoms. The number of sulfone groups is 1. The van der Waals surface area contributed by atoms with Crippen molar-refractivity contribution in [3.8, 4) is 0 Å². The number of halogens is 1. The number of piperazine rings is 1. The van der Waals surface area contributed by atoms with Gasteiger partial charge in [0, 0.05) is 38.5 Å². The van der Waals surface area contributed by atoms with E-state index in [1.165, 1.54) is 6.26 Å². The number of nitrogens with zero attached hydrogens (tertiary/aromatic N) is 1. The second kappa shape index (κ2) is 6.70. The minimum absolute atomic E-state index is 0. The molecule has 0 aromatic heterocycles. The Hall–Kier alpha value is -0.620. The van der Waals surface area contributed by atoms with Crippen molar-refractivity contribution in [2.75, 3.05) is 25.9 Å². The molecule has 1 saturated heterocycles. The quantitative estimate of drug-likeness (QED) is 0.915. The summed E-state index contributed by atoms with van der Waals surface area (Å²) >= 11 is 0. The Morgan fingerprint density at radius 3 is 2.47 bits per heavy atom. The van der Waals surface area contributed by atoms with Crippen LogP contribution in [0.3, 0.4) is 0 Å². The van der Waals surface area contributed by atoms with E-state index in [1.807, 2.05) is 12.1 Å². The lowest BCUT2D eigenvalue weighted by Gasteiger charge is -2.31. The first-order valence-electron chi connectivity index (χ1n) is 6.20. The maximum absolute atomic E-state index is 11.4. The van der Waals surface area contributed by atoms with Crippen molar-refractivity contribution in [2.24, 2.45) is 0 Å². The normalized spacial score (nSPS) is 20.8. The lowest BCUT2D eigenvalue weighted by molar-refractivity contribution is 0.199. The summed E-state index contributed by atoms with van der Waals surface area (Å²) in [6, 6.07) is 7.72. The van der Waals surface area contributed by atoms with Crippen LogP contribution >= 0.6 is 12.4 Å². The Bertz CT molecular complexity index is 502. The molecule has 1 unspecified atom stereocenters. The summed E-state index contributed by atoms with van der Waals surface area (Å²) in [5, 5.41) is 3.41. The summed E-state index contributed by atoms with van der Waals surface area (Å²) < 4.78 is 22.7. The number of nitrogens with one attached hydrogen (secondary N) is 1. The average Bonchev–Trinajstić information content (AvgIpc) is 2.28. The molecular weight excluding hydrogens is 284 g/mol. The molecule has 1 aromatic rings. The molecular formula is C13H21ClN2O2S. The van der Waals surface area contributed by atoms with Crippen molar-refractivity contribution in [2.45, 2.75) is 24.4 Å². The van der Waals surface area contributed by atoms with Crippen LogP contribution < -0.4 is 5.32 Å². The maximum atomic E-state index is 11.4. The van der Waals surface area contributed by atoms with Gasteiger partial charge in [-0.2, -0.15) is 0 Å². The number of hydrogen-bond donors (Lipinski definition) is 1. The molecule has 1 fully saturated rings. The molecule has 108 valence electrons. The zero-order valence-electron chi connectivity index (χ0n) is 11.3. The maximum Gasteiger partial charge on any atom is 0.175 e. The van der Waals surface area contributed by atoms with Crippen LogP contribution in [0.4, 0.5) is 0 Å². The monoisotopic (exact) mass is 304 g/mol. The topological polar surface area (TPSA) is 49.4 Å². The molecule has 0 spiro atoms. The highest BCUT2D eigenvalue weighted by Crippen LogP contribution is 2.12. The van der Waals surface area contributed by atoms with Crippen molar-refractivity contribution in [1.29, 1.82) is 0 Å². The summed E-state index contributed by atoms with van der Waals surface area (Å²) in [7, 11) is -3.09. The molecule has 1 aliphatic rings. The fourth-order valence-corrected chi connectivity index (χ4v) is 2.89. The van der Waals surface area contributed by atoms with Gasteiger partial charge in [0.1, 0.15) is 0 Å². The zero-order chi connectivity index (χ0) is 13.2. The summed E-state index contributed by atoms with van der Waals surface area (Å²) in [5.41, 5.74) is 1.16. The fourth-order valence-electron chi connectivity index (χ4n) is 2.26. The molecule has 4 nitrogen and oxygen atoms in total. The van der Waals surface area contributed by atoms with Crippen LogP contribution in [0.15, 0.2) is 29.2 Å². The van der Waals surface area contributed by atoms with Crippen LogP contribution in [0, 0.1) is 0 Å². The molecule has 1 N–H and O–H groups in total. The van der Waals surface area contributed by atoms with Crippen molar-refractivity contribution in [1.82, 2.24) is 10.2 Å². The van der Waals surface area contributed by atoms with Gasteiger partial charge in [0.2, 0.25) is 0 Å². The molecule has 2 rings (SSSR count). The first-order chi connectivity index (χ1) is 8.45. The third-order valence-corrected chi connectivity index (χ3v) is 4.34. The Labute approximate surface area is 121 Å². The molecule has 19 heavy (non-hydrogen) atoms. The van der Waals surface area contributed by atoms with E-state index >= 15 is 0 Å². The molecule has 0 bridgehead atoms. The third-order valence-electron chi connectivity index (χ3n) is 3.21. The Morgan fingerprint density at radius 2 is 1.95 bits per heavy atom. The summed E-state index contributed by atoms with van der Waals surface area (Å²) in [4.78, 5) is 2.77. The standard InChI is InChI=1S/C13H20N2O2S.ClH/c1-11-9-15(8-7-14-11)10-12-3-5-13(6-4-12)18(2,16)17;/h3-6,11,14H,7-10H2,1-2H3;1H. The van der Waals surface area contributed by atoms with E-state index < -0.39 is 9.84 Å². The van der Waals surface area contributed by atoms with Gasteiger partial charge in [-0.15, -0.1) is 12.4 Å². The Kier molecular flexibility index (Phi) is 5.80. The van der Waals surface area contributed by atoms with E-state index in [4.69, 9.17) is 0 Å². The van der Waals surface area contributed by atoms with Crippen LogP contribution in [-0.4, -0.2) is 45.2 Å². The predicted octanol–water partition coefficient (Wildman–Crippen LogP) is 1.31. The summed E-state index contributed by atoms with van der Waals surface area (Å²) in [5.74, 6) is 0. The van der Waals surface area contributed by atoms with Crippen molar-refractivity contribution in [3.63, 3.8) is 0 Å². The number of hydrogen-bond acceptors (Lipinski definition) is 4. The molecule has 1 heterocycles. The first-order valence-corrected chi connectivity index (χ1v) is 8.09. The highest BCUT2D eigenvalue weighted by Gasteiger charge is 2.15. The molecule has 1 atom stereocenters. The third kappa shape index (κ3) is 4.76. The van der Waals surface area contributed by atoms with Crippen LogP contribution in [-0.2, 0) is 16.4 Å². The van der Waals surface area contributed by atoms with Gasteiger partial charge in [0.15, 0.2) is 9.84 Å². The van der Waals surface area contributed by atoms with Gasteiger partial charge in [-0.05, 0) is 24.6 Å². The van der Waals surface area contributed by atoms with Crippen LogP contribution in [0.2, 0.25) is 0 Å². The van der Waals surface area contributed by atoms with Crippen LogP contribution in [0.25, 0.3) is 0 Å². The second-order valence-corrected chi connectivity index (χ2v) is 7.02. The molecule has 1 aliphatic heterocycles. The molecule has 0 aliphatic carbocycles. The molecule has 1 aromatic carbocycles. The lowest BCUT2D eigenvalue weighted by Crippen LogP contribution is -2.48. The molecule has 0 amide bonds. The second-order valence-electron chi connectivity index (χ2n) is 5.01. The van der Waals surface area contributed by atoms with E-state index in [2.05, 4.69) is 17.1 Å². The zero-order valence-corrected chi connectivity index (χ0v) is 12.9. The van der Waals surface area contributed by atoms with Gasteiger partial charge in [0.05, 0.1) is 4.90 Å². The Balaban J connectivity index is 0.00000180. The summed E-state index contributed by atoms with van der Waals surface area (Å²) in [6.07, 6.45) is 1.24. The first kappa shape index (κ1) is 16.4. The van der Waals surface area contributed by atoms with Gasteiger partial charge in [-0.3, -0.25) is 4.90 Å². The van der Waals surface area contributed by atoms with Crippen molar-refractivity contribution >= 4 is 22.2 Å². The minimum Gasteiger partial charge on any atom is -0.312 e. The van der Waals surface area contributed by atoms with E-state index in [0.717, 1.165) is 31.7 Å². The van der Waals surface area contributed by atoms with Crippen LogP contribution in [0.5, 0.6) is 0 Å². The van der Waals surface area contributed by atoms with Gasteiger partial charge < -0.3 is 5.32 Å². The van der Waals surface area contributed by atoms with Gasteiger partial charge in [-0.25, -0.2) is 8.42 Å². The van der Waals surface area contributed by atoms with Crippen molar-refractivity contribution in [3.05, 3.63) is 29.8 Å². The van der Waals surface area contributed by atoms with Crippen LogP contribution in [0.1, 0.15) is 12.5 Å². The van der Waals surface area contributed by atoms with Crippen molar-refractivity contribution < 1.29 is 8.42 Å². The summed E-state index contributed by atoms with van der Waals surface area (Å²) in [6.45, 7) is 6.16. The van der Waals surface area contributed by atoms with E-state index in [-0.39, 0.29) is 12.4 Å². The van der Waals surface area contributed by atoms with Gasteiger partial charge >= 0.3 is 0 Å². The van der Waals surface area contributed by atoms with E-state index in [1.54, 1.807) is 12.1 Å². The average molecular weight is 305 g/mol. The molecule has 0 saturated carbocycles. The number of rotatable bonds is 3. The van der Waals surface area contributed by atoms with E-state index in [9.17, 15) is 8.42 Å².